The maximum atomic E-state index is 13.0. The molecule has 1 saturated heterocycles. The van der Waals surface area contributed by atoms with E-state index in [4.69, 9.17) is 4.74 Å². The average molecular weight is 421 g/mol. The van der Waals surface area contributed by atoms with Gasteiger partial charge in [0.1, 0.15) is 0 Å². The van der Waals surface area contributed by atoms with Crippen LogP contribution in [0.25, 0.3) is 0 Å². The van der Waals surface area contributed by atoms with Crippen molar-refractivity contribution in [1.29, 1.82) is 0 Å². The van der Waals surface area contributed by atoms with Gasteiger partial charge in [0.05, 0.1) is 19.6 Å². The van der Waals surface area contributed by atoms with Gasteiger partial charge in [-0.2, -0.15) is 11.3 Å². The molecular weight excluding hydrogens is 392 g/mol. The third-order valence-electron chi connectivity index (χ3n) is 5.95. The van der Waals surface area contributed by atoms with Gasteiger partial charge in [0.2, 0.25) is 5.91 Å². The van der Waals surface area contributed by atoms with Crippen LogP contribution < -0.4 is 5.32 Å². The molecule has 4 rings (SSSR count). The lowest BCUT2D eigenvalue weighted by Gasteiger charge is -2.29. The van der Waals surface area contributed by atoms with Gasteiger partial charge >= 0.3 is 0 Å². The Morgan fingerprint density at radius 3 is 2.68 bits per heavy atom. The van der Waals surface area contributed by atoms with Crippen LogP contribution in [0.1, 0.15) is 36.8 Å². The Hall–Kier alpha value is -1.40. The fourth-order valence-corrected chi connectivity index (χ4v) is 4.91. The molecule has 1 spiro atoms. The lowest BCUT2D eigenvalue weighted by molar-refractivity contribution is -0.134. The number of hydrogen-bond donors (Lipinski definition) is 1. The van der Waals surface area contributed by atoms with E-state index < -0.39 is 0 Å². The minimum atomic E-state index is 0. The van der Waals surface area contributed by atoms with Crippen molar-refractivity contribution in [3.63, 3.8) is 0 Å². The van der Waals surface area contributed by atoms with Gasteiger partial charge in [0.25, 0.3) is 0 Å². The molecule has 2 aromatic rings. The molecular formula is C22H29ClN2O2S. The van der Waals surface area contributed by atoms with Crippen molar-refractivity contribution in [2.75, 3.05) is 19.7 Å². The second-order valence-corrected chi connectivity index (χ2v) is 8.55. The number of nitrogens with one attached hydrogen (secondary N) is 1. The number of ether oxygens (including phenoxy) is 1. The Balaban J connectivity index is 0.00000225. The summed E-state index contributed by atoms with van der Waals surface area (Å²) >= 11 is 1.70. The highest BCUT2D eigenvalue weighted by atomic mass is 35.5. The molecule has 4 nitrogen and oxygen atoms in total. The fraction of sp³-hybridized carbons (Fsp3) is 0.500. The van der Waals surface area contributed by atoms with E-state index >= 15 is 0 Å². The summed E-state index contributed by atoms with van der Waals surface area (Å²) in [6.45, 7) is 3.95. The molecule has 1 aromatic carbocycles. The lowest BCUT2D eigenvalue weighted by atomic mass is 9.93. The SMILES string of the molecule is Cl.O=C(CCOCc1ccccc1)N(Cc1ccsc1)C1CC12CCNCC2. The van der Waals surface area contributed by atoms with E-state index in [2.05, 4.69) is 39.2 Å². The molecule has 1 saturated carbocycles. The topological polar surface area (TPSA) is 41.6 Å². The number of carbonyl (C=O) groups is 1. The summed E-state index contributed by atoms with van der Waals surface area (Å²) in [4.78, 5) is 15.2. The quantitative estimate of drug-likeness (QED) is 0.649. The van der Waals surface area contributed by atoms with E-state index in [1.54, 1.807) is 11.3 Å². The molecule has 1 aliphatic carbocycles. The van der Waals surface area contributed by atoms with Gasteiger partial charge in [-0.1, -0.05) is 30.3 Å². The fourth-order valence-electron chi connectivity index (χ4n) is 4.25. The largest absolute Gasteiger partial charge is 0.376 e. The number of halogens is 1. The minimum absolute atomic E-state index is 0. The van der Waals surface area contributed by atoms with E-state index in [0.29, 0.717) is 31.1 Å². The third kappa shape index (κ3) is 5.15. The first-order valence-electron chi connectivity index (χ1n) is 9.90. The standard InChI is InChI=1S/C22H28N2O2S.ClH/c25-21(6-12-26-16-18-4-2-1-3-5-18)24(15-19-7-13-27-17-19)20-14-22(20)8-10-23-11-9-22;/h1-5,7,13,17,20,23H,6,8-12,14-16H2;1H. The molecule has 1 aliphatic heterocycles. The number of nitrogens with zero attached hydrogens (tertiary/aromatic N) is 1. The first-order valence-corrected chi connectivity index (χ1v) is 10.8. The minimum Gasteiger partial charge on any atom is -0.376 e. The van der Waals surface area contributed by atoms with Crippen LogP contribution in [0.5, 0.6) is 0 Å². The summed E-state index contributed by atoms with van der Waals surface area (Å²) in [5.41, 5.74) is 2.76. The van der Waals surface area contributed by atoms with E-state index in [1.807, 2.05) is 18.2 Å². The zero-order chi connectivity index (χ0) is 18.5. The van der Waals surface area contributed by atoms with E-state index in [-0.39, 0.29) is 18.3 Å². The Morgan fingerprint density at radius 2 is 1.96 bits per heavy atom. The Kier molecular flexibility index (Phi) is 7.52. The summed E-state index contributed by atoms with van der Waals surface area (Å²) in [6, 6.07) is 12.7. The molecule has 2 aliphatic rings. The monoisotopic (exact) mass is 420 g/mol. The van der Waals surface area contributed by atoms with Crippen LogP contribution in [-0.4, -0.2) is 36.5 Å². The van der Waals surface area contributed by atoms with Crippen LogP contribution in [0, 0.1) is 5.41 Å². The van der Waals surface area contributed by atoms with Crippen molar-refractivity contribution >= 4 is 29.7 Å². The van der Waals surface area contributed by atoms with Gasteiger partial charge in [0, 0.05) is 12.6 Å². The molecule has 0 bridgehead atoms. The normalized spacial score (nSPS) is 19.8. The van der Waals surface area contributed by atoms with Gasteiger partial charge < -0.3 is 15.0 Å². The molecule has 1 amide bonds. The van der Waals surface area contributed by atoms with Crippen molar-refractivity contribution in [3.8, 4) is 0 Å². The molecule has 1 atom stereocenters. The molecule has 0 radical (unpaired) electrons. The Morgan fingerprint density at radius 1 is 1.18 bits per heavy atom. The van der Waals surface area contributed by atoms with Crippen molar-refractivity contribution in [3.05, 3.63) is 58.3 Å². The maximum absolute atomic E-state index is 13.0. The number of thiophene rings is 1. The molecule has 28 heavy (non-hydrogen) atoms. The molecule has 6 heteroatoms. The average Bonchev–Trinajstić information content (AvgIpc) is 3.13. The van der Waals surface area contributed by atoms with Crippen molar-refractivity contribution < 1.29 is 9.53 Å². The number of piperidine rings is 1. The Labute approximate surface area is 177 Å². The van der Waals surface area contributed by atoms with Gasteiger partial charge in [-0.15, -0.1) is 12.4 Å². The number of rotatable bonds is 8. The molecule has 1 N–H and O–H groups in total. The third-order valence-corrected chi connectivity index (χ3v) is 6.68. The van der Waals surface area contributed by atoms with Crippen LogP contribution in [0.4, 0.5) is 0 Å². The molecule has 152 valence electrons. The van der Waals surface area contributed by atoms with Crippen LogP contribution in [-0.2, 0) is 22.7 Å². The van der Waals surface area contributed by atoms with Gasteiger partial charge in [-0.3, -0.25) is 4.79 Å². The first kappa shape index (κ1) is 21.3. The van der Waals surface area contributed by atoms with E-state index in [0.717, 1.165) is 31.6 Å². The van der Waals surface area contributed by atoms with Crippen molar-refractivity contribution in [2.45, 2.75) is 44.9 Å². The predicted octanol–water partition coefficient (Wildman–Crippen LogP) is 4.25. The van der Waals surface area contributed by atoms with E-state index in [1.165, 1.54) is 18.4 Å². The molecule has 2 heterocycles. The summed E-state index contributed by atoms with van der Waals surface area (Å²) in [5.74, 6) is 0.231. The van der Waals surface area contributed by atoms with E-state index in [9.17, 15) is 4.79 Å². The summed E-state index contributed by atoms with van der Waals surface area (Å²) in [6.07, 6.45) is 4.00. The second kappa shape index (κ2) is 9.88. The predicted molar refractivity (Wildman–Crippen MR) is 116 cm³/mol. The lowest BCUT2D eigenvalue weighted by Crippen LogP contribution is -2.39. The zero-order valence-electron chi connectivity index (χ0n) is 16.1. The van der Waals surface area contributed by atoms with Crippen molar-refractivity contribution in [2.24, 2.45) is 5.41 Å². The summed E-state index contributed by atoms with van der Waals surface area (Å²) in [7, 11) is 0. The smallest absolute Gasteiger partial charge is 0.225 e. The highest BCUT2D eigenvalue weighted by Crippen LogP contribution is 2.56. The maximum Gasteiger partial charge on any atom is 0.225 e. The van der Waals surface area contributed by atoms with Crippen LogP contribution in [0.15, 0.2) is 47.2 Å². The molecule has 1 unspecified atom stereocenters. The van der Waals surface area contributed by atoms with Crippen molar-refractivity contribution in [1.82, 2.24) is 10.2 Å². The van der Waals surface area contributed by atoms with Gasteiger partial charge in [-0.05, 0) is 65.7 Å². The van der Waals surface area contributed by atoms with Gasteiger partial charge in [-0.25, -0.2) is 0 Å². The number of carbonyl (C=O) groups excluding carboxylic acids is 1. The number of amides is 1. The highest BCUT2D eigenvalue weighted by molar-refractivity contribution is 7.07. The van der Waals surface area contributed by atoms with Crippen LogP contribution >= 0.6 is 23.7 Å². The number of benzene rings is 1. The summed E-state index contributed by atoms with van der Waals surface area (Å²) < 4.78 is 5.76. The first-order chi connectivity index (χ1) is 13.3. The zero-order valence-corrected chi connectivity index (χ0v) is 17.8. The molecule has 2 fully saturated rings. The summed E-state index contributed by atoms with van der Waals surface area (Å²) in [5, 5.41) is 7.70. The number of hydrogen-bond acceptors (Lipinski definition) is 4. The highest BCUT2D eigenvalue weighted by Gasteiger charge is 2.57. The van der Waals surface area contributed by atoms with Crippen LogP contribution in [0.3, 0.4) is 0 Å². The van der Waals surface area contributed by atoms with Crippen LogP contribution in [0.2, 0.25) is 0 Å². The molecule has 1 aromatic heterocycles. The second-order valence-electron chi connectivity index (χ2n) is 7.77. The Bertz CT molecular complexity index is 732. The van der Waals surface area contributed by atoms with Gasteiger partial charge in [0.15, 0.2) is 0 Å².